The Labute approximate surface area is 186 Å². The van der Waals surface area contributed by atoms with Crippen LogP contribution in [-0.4, -0.2) is 26.4 Å². The third-order valence-electron chi connectivity index (χ3n) is 5.59. The van der Waals surface area contributed by atoms with E-state index in [0.717, 1.165) is 36.1 Å². The number of rotatable bonds is 7. The molecule has 0 atom stereocenters. The Balaban J connectivity index is 1.48. The molecule has 0 aliphatic heterocycles. The maximum atomic E-state index is 12.5. The first-order valence-electron chi connectivity index (χ1n) is 10.6. The Kier molecular flexibility index (Phi) is 6.58. The van der Waals surface area contributed by atoms with E-state index in [2.05, 4.69) is 46.2 Å². The number of aryl methyl sites for hydroxylation is 3. The zero-order chi connectivity index (χ0) is 21.1. The maximum Gasteiger partial charge on any atom is 0.234 e. The van der Waals surface area contributed by atoms with E-state index in [1.165, 1.54) is 58.2 Å². The molecule has 158 valence electrons. The third kappa shape index (κ3) is 4.47. The normalized spacial score (nSPS) is 13.3. The molecule has 0 saturated heterocycles. The Morgan fingerprint density at radius 3 is 2.83 bits per heavy atom. The second kappa shape index (κ2) is 9.35. The smallest absolute Gasteiger partial charge is 0.234 e. The van der Waals surface area contributed by atoms with Crippen molar-refractivity contribution in [2.75, 3.05) is 11.1 Å². The van der Waals surface area contributed by atoms with Crippen LogP contribution in [0.1, 0.15) is 47.8 Å². The van der Waals surface area contributed by atoms with E-state index in [1.807, 2.05) is 29.5 Å². The van der Waals surface area contributed by atoms with E-state index >= 15 is 0 Å². The van der Waals surface area contributed by atoms with Crippen molar-refractivity contribution in [2.24, 2.45) is 0 Å². The first kappa shape index (κ1) is 21.1. The van der Waals surface area contributed by atoms with Crippen molar-refractivity contribution in [1.29, 1.82) is 0 Å². The van der Waals surface area contributed by atoms with Crippen LogP contribution in [0, 0.1) is 13.8 Å². The highest BCUT2D eigenvalue weighted by Gasteiger charge is 2.22. The molecule has 7 heteroatoms. The molecular formula is C23H28N4OS2. The van der Waals surface area contributed by atoms with Gasteiger partial charge >= 0.3 is 0 Å². The molecule has 0 bridgehead atoms. The summed E-state index contributed by atoms with van der Waals surface area (Å²) < 4.78 is 2.19. The number of amides is 1. The van der Waals surface area contributed by atoms with Crippen LogP contribution >= 0.6 is 23.1 Å². The number of nitrogens with one attached hydrogen (secondary N) is 1. The van der Waals surface area contributed by atoms with E-state index < -0.39 is 0 Å². The number of thioether (sulfide) groups is 1. The number of anilines is 1. The fourth-order valence-corrected chi connectivity index (χ4v) is 5.74. The molecule has 1 amide bonds. The first-order valence-corrected chi connectivity index (χ1v) is 12.5. The fourth-order valence-electron chi connectivity index (χ4n) is 3.85. The van der Waals surface area contributed by atoms with Gasteiger partial charge in [0.15, 0.2) is 11.0 Å². The first-order chi connectivity index (χ1) is 14.6. The van der Waals surface area contributed by atoms with Gasteiger partial charge in [-0.3, -0.25) is 4.79 Å². The second-order valence-corrected chi connectivity index (χ2v) is 9.76. The predicted octanol–water partition coefficient (Wildman–Crippen LogP) is 5.64. The average Bonchev–Trinajstić information content (AvgIpc) is 3.33. The number of thiophene rings is 1. The molecule has 2 aromatic heterocycles. The molecule has 5 nitrogen and oxygen atoms in total. The molecule has 1 aliphatic rings. The van der Waals surface area contributed by atoms with Crippen molar-refractivity contribution in [1.82, 2.24) is 14.8 Å². The average molecular weight is 441 g/mol. The molecule has 1 N–H and O–H groups in total. The third-order valence-corrected chi connectivity index (χ3v) is 7.64. The van der Waals surface area contributed by atoms with Crippen LogP contribution in [0.4, 0.5) is 5.69 Å². The Hall–Kier alpha value is -2.12. The number of carbonyl (C=O) groups excluding carboxylic acids is 1. The van der Waals surface area contributed by atoms with Gasteiger partial charge in [-0.15, -0.1) is 21.5 Å². The minimum absolute atomic E-state index is 0.0243. The summed E-state index contributed by atoms with van der Waals surface area (Å²) in [6.07, 6.45) is 5.85. The lowest BCUT2D eigenvalue weighted by molar-refractivity contribution is -0.113. The van der Waals surface area contributed by atoms with E-state index in [0.29, 0.717) is 5.75 Å². The Bertz CT molecular complexity index is 1050. The molecule has 3 aromatic rings. The standard InChI is InChI=1S/C23H28N4OS2/c1-4-11-27-22(19-13-29-20-8-6-5-7-18(19)20)25-26-23(27)30-14-21(28)24-17-10-9-15(2)16(3)12-17/h9-10,12-13H,4-8,11,14H2,1-3H3,(H,24,28). The van der Waals surface area contributed by atoms with Crippen LogP contribution in [0.25, 0.3) is 11.4 Å². The van der Waals surface area contributed by atoms with Crippen LogP contribution < -0.4 is 5.32 Å². The molecule has 1 aromatic carbocycles. The molecule has 2 heterocycles. The van der Waals surface area contributed by atoms with Gasteiger partial charge < -0.3 is 9.88 Å². The van der Waals surface area contributed by atoms with Crippen LogP contribution in [0.15, 0.2) is 28.7 Å². The summed E-state index contributed by atoms with van der Waals surface area (Å²) in [5.41, 5.74) is 5.93. The van der Waals surface area contributed by atoms with Crippen LogP contribution in [0.2, 0.25) is 0 Å². The number of carbonyl (C=O) groups is 1. The van der Waals surface area contributed by atoms with Gasteiger partial charge in [0.2, 0.25) is 5.91 Å². The van der Waals surface area contributed by atoms with Crippen molar-refractivity contribution in [3.05, 3.63) is 45.1 Å². The quantitative estimate of drug-likeness (QED) is 0.483. The van der Waals surface area contributed by atoms with Crippen LogP contribution in [0.5, 0.6) is 0 Å². The highest BCUT2D eigenvalue weighted by atomic mass is 32.2. The molecular weight excluding hydrogens is 412 g/mol. The van der Waals surface area contributed by atoms with E-state index in [4.69, 9.17) is 0 Å². The zero-order valence-electron chi connectivity index (χ0n) is 17.8. The lowest BCUT2D eigenvalue weighted by atomic mass is 9.95. The number of benzene rings is 1. The van der Waals surface area contributed by atoms with Gasteiger partial charge in [0.1, 0.15) is 0 Å². The molecule has 0 radical (unpaired) electrons. The molecule has 0 unspecified atom stereocenters. The van der Waals surface area contributed by atoms with Crippen molar-refractivity contribution in [2.45, 2.75) is 64.6 Å². The number of hydrogen-bond donors (Lipinski definition) is 1. The maximum absolute atomic E-state index is 12.5. The number of fused-ring (bicyclic) bond motifs is 1. The monoisotopic (exact) mass is 440 g/mol. The SMILES string of the molecule is CCCn1c(SCC(=O)Nc2ccc(C)c(C)c2)nnc1-c1csc2c1CCCC2. The summed E-state index contributed by atoms with van der Waals surface area (Å²) >= 11 is 3.31. The van der Waals surface area contributed by atoms with E-state index in [-0.39, 0.29) is 5.91 Å². The van der Waals surface area contributed by atoms with Gasteiger partial charge in [-0.25, -0.2) is 0 Å². The summed E-state index contributed by atoms with van der Waals surface area (Å²) in [5.74, 6) is 1.24. The summed E-state index contributed by atoms with van der Waals surface area (Å²) in [7, 11) is 0. The van der Waals surface area contributed by atoms with Crippen LogP contribution in [0.3, 0.4) is 0 Å². The van der Waals surface area contributed by atoms with Gasteiger partial charge in [-0.1, -0.05) is 24.8 Å². The largest absolute Gasteiger partial charge is 0.325 e. The van der Waals surface area contributed by atoms with Crippen molar-refractivity contribution in [3.8, 4) is 11.4 Å². The van der Waals surface area contributed by atoms with Crippen molar-refractivity contribution in [3.63, 3.8) is 0 Å². The topological polar surface area (TPSA) is 59.8 Å². The van der Waals surface area contributed by atoms with Crippen LogP contribution in [-0.2, 0) is 24.2 Å². The lowest BCUT2D eigenvalue weighted by Crippen LogP contribution is -2.15. The van der Waals surface area contributed by atoms with Gasteiger partial charge in [-0.05, 0) is 74.8 Å². The summed E-state index contributed by atoms with van der Waals surface area (Å²) in [5, 5.41) is 15.0. The number of aromatic nitrogens is 3. The molecule has 0 spiro atoms. The molecule has 0 saturated carbocycles. The van der Waals surface area contributed by atoms with Gasteiger partial charge in [0, 0.05) is 28.1 Å². The van der Waals surface area contributed by atoms with Gasteiger partial charge in [0.05, 0.1) is 5.75 Å². The number of nitrogens with zero attached hydrogens (tertiary/aromatic N) is 3. The van der Waals surface area contributed by atoms with Crippen molar-refractivity contribution < 1.29 is 4.79 Å². The molecule has 0 fully saturated rings. The molecule has 1 aliphatic carbocycles. The Morgan fingerprint density at radius 1 is 1.20 bits per heavy atom. The minimum atomic E-state index is -0.0243. The second-order valence-electron chi connectivity index (χ2n) is 7.85. The fraction of sp³-hybridized carbons (Fsp3) is 0.435. The van der Waals surface area contributed by atoms with Crippen molar-refractivity contribution >= 4 is 34.7 Å². The van der Waals surface area contributed by atoms with E-state index in [1.54, 1.807) is 0 Å². The summed E-state index contributed by atoms with van der Waals surface area (Å²) in [6, 6.07) is 5.99. The predicted molar refractivity (Wildman–Crippen MR) is 126 cm³/mol. The zero-order valence-corrected chi connectivity index (χ0v) is 19.5. The van der Waals surface area contributed by atoms with Gasteiger partial charge in [-0.2, -0.15) is 0 Å². The Morgan fingerprint density at radius 2 is 2.03 bits per heavy atom. The molecule has 30 heavy (non-hydrogen) atoms. The summed E-state index contributed by atoms with van der Waals surface area (Å²) in [4.78, 5) is 14.0. The van der Waals surface area contributed by atoms with Gasteiger partial charge in [0.25, 0.3) is 0 Å². The highest BCUT2D eigenvalue weighted by Crippen LogP contribution is 2.37. The molecule has 4 rings (SSSR count). The lowest BCUT2D eigenvalue weighted by Gasteiger charge is -2.13. The van der Waals surface area contributed by atoms with E-state index in [9.17, 15) is 4.79 Å². The summed E-state index contributed by atoms with van der Waals surface area (Å²) in [6.45, 7) is 7.14. The highest BCUT2D eigenvalue weighted by molar-refractivity contribution is 7.99. The minimum Gasteiger partial charge on any atom is -0.325 e. The number of hydrogen-bond acceptors (Lipinski definition) is 5.